The number of aromatic nitrogens is 1. The predicted octanol–water partition coefficient (Wildman–Crippen LogP) is 3.22. The minimum atomic E-state index is 1.01. The molecule has 3 rings (SSSR count). The number of pyridine rings is 1. The van der Waals surface area contributed by atoms with Crippen LogP contribution in [0.4, 0.5) is 0 Å². The number of piperazine rings is 1. The minimum Gasteiger partial charge on any atom is -0.304 e. The minimum absolute atomic E-state index is 1.01. The van der Waals surface area contributed by atoms with Crippen molar-refractivity contribution in [3.63, 3.8) is 0 Å². The van der Waals surface area contributed by atoms with Crippen molar-refractivity contribution in [1.82, 2.24) is 14.8 Å². The van der Waals surface area contributed by atoms with Crippen LogP contribution in [-0.2, 0) is 6.54 Å². The molecule has 0 radical (unpaired) electrons. The first kappa shape index (κ1) is 15.5. The average molecular weight is 313 g/mol. The van der Waals surface area contributed by atoms with Crippen LogP contribution in [0.3, 0.4) is 0 Å². The van der Waals surface area contributed by atoms with Gasteiger partial charge in [-0.25, -0.2) is 0 Å². The van der Waals surface area contributed by atoms with Gasteiger partial charge in [0.2, 0.25) is 0 Å². The summed E-state index contributed by atoms with van der Waals surface area (Å²) in [7, 11) is 2.19. The van der Waals surface area contributed by atoms with Gasteiger partial charge in [0.15, 0.2) is 0 Å². The number of likely N-dealkylation sites (N-methyl/N-ethyl adjacent to an activating group) is 1. The molecule has 1 aliphatic heterocycles. The Kier molecular flexibility index (Phi) is 5.13. The van der Waals surface area contributed by atoms with Crippen LogP contribution >= 0.6 is 11.8 Å². The van der Waals surface area contributed by atoms with Crippen LogP contribution in [0.15, 0.2) is 47.5 Å². The molecule has 0 unspecified atom stereocenters. The van der Waals surface area contributed by atoms with E-state index < -0.39 is 0 Å². The first-order valence-electron chi connectivity index (χ1n) is 7.75. The van der Waals surface area contributed by atoms with Crippen molar-refractivity contribution in [3.8, 4) is 11.3 Å². The smallest absolute Gasteiger partial charge is 0.0713 e. The maximum Gasteiger partial charge on any atom is 0.0713 e. The number of rotatable bonds is 4. The second-order valence-corrected chi connectivity index (χ2v) is 6.68. The highest BCUT2D eigenvalue weighted by Crippen LogP contribution is 2.28. The molecule has 22 heavy (non-hydrogen) atoms. The molecule has 0 atom stereocenters. The van der Waals surface area contributed by atoms with Gasteiger partial charge in [-0.2, -0.15) is 0 Å². The largest absolute Gasteiger partial charge is 0.304 e. The molecule has 116 valence electrons. The van der Waals surface area contributed by atoms with Gasteiger partial charge in [0, 0.05) is 49.4 Å². The molecule has 2 heterocycles. The Labute approximate surface area is 137 Å². The summed E-state index contributed by atoms with van der Waals surface area (Å²) in [5.74, 6) is 0. The number of hydrogen-bond acceptors (Lipinski definition) is 4. The van der Waals surface area contributed by atoms with Gasteiger partial charge in [0.05, 0.1) is 5.69 Å². The first-order chi connectivity index (χ1) is 10.8. The summed E-state index contributed by atoms with van der Waals surface area (Å²) in [5, 5.41) is 0. The zero-order valence-electron chi connectivity index (χ0n) is 13.3. The Morgan fingerprint density at radius 3 is 2.50 bits per heavy atom. The normalized spacial score (nSPS) is 16.8. The highest BCUT2D eigenvalue weighted by molar-refractivity contribution is 7.98. The average Bonchev–Trinajstić information content (AvgIpc) is 2.58. The van der Waals surface area contributed by atoms with E-state index in [0.29, 0.717) is 0 Å². The molecule has 0 bridgehead atoms. The van der Waals surface area contributed by atoms with Gasteiger partial charge in [-0.1, -0.05) is 24.3 Å². The third kappa shape index (κ3) is 3.69. The highest BCUT2D eigenvalue weighted by Gasteiger charge is 2.14. The lowest BCUT2D eigenvalue weighted by Crippen LogP contribution is -2.43. The van der Waals surface area contributed by atoms with Crippen molar-refractivity contribution >= 4 is 11.8 Å². The number of thioether (sulfide) groups is 1. The molecule has 1 fully saturated rings. The molecular formula is C18H23N3S. The van der Waals surface area contributed by atoms with E-state index in [4.69, 9.17) is 0 Å². The molecule has 0 saturated carbocycles. The number of hydrogen-bond donors (Lipinski definition) is 0. The monoisotopic (exact) mass is 313 g/mol. The summed E-state index contributed by atoms with van der Waals surface area (Å²) in [6, 6.07) is 12.8. The lowest BCUT2D eigenvalue weighted by molar-refractivity contribution is 0.148. The zero-order valence-corrected chi connectivity index (χ0v) is 14.1. The van der Waals surface area contributed by atoms with Crippen LogP contribution < -0.4 is 0 Å². The van der Waals surface area contributed by atoms with Crippen molar-refractivity contribution in [2.45, 2.75) is 11.4 Å². The van der Waals surface area contributed by atoms with E-state index >= 15 is 0 Å². The summed E-state index contributed by atoms with van der Waals surface area (Å²) in [4.78, 5) is 10.9. The van der Waals surface area contributed by atoms with Gasteiger partial charge >= 0.3 is 0 Å². The maximum atomic E-state index is 4.69. The fraction of sp³-hybridized carbons (Fsp3) is 0.389. The quantitative estimate of drug-likeness (QED) is 0.807. The molecule has 3 nitrogen and oxygen atoms in total. The SMILES string of the molecule is CSc1ccccc1-c1ccc(CN2CCN(C)CC2)cn1. The Balaban J connectivity index is 1.70. The van der Waals surface area contributed by atoms with Crippen LogP contribution in [-0.4, -0.2) is 54.3 Å². The van der Waals surface area contributed by atoms with E-state index in [1.807, 2.05) is 6.20 Å². The Hall–Kier alpha value is -1.36. The van der Waals surface area contributed by atoms with E-state index in [1.54, 1.807) is 11.8 Å². The zero-order chi connectivity index (χ0) is 15.4. The Morgan fingerprint density at radius 2 is 1.82 bits per heavy atom. The molecule has 4 heteroatoms. The highest BCUT2D eigenvalue weighted by atomic mass is 32.2. The van der Waals surface area contributed by atoms with Gasteiger partial charge in [-0.3, -0.25) is 9.88 Å². The standard InChI is InChI=1S/C18H23N3S/c1-20-9-11-21(12-10-20)14-15-7-8-17(19-13-15)16-5-3-4-6-18(16)22-2/h3-8,13H,9-12,14H2,1-2H3. The van der Waals surface area contributed by atoms with E-state index in [0.717, 1.165) is 38.4 Å². The van der Waals surface area contributed by atoms with Crippen LogP contribution in [0.5, 0.6) is 0 Å². The molecule has 1 aromatic heterocycles. The van der Waals surface area contributed by atoms with Crippen LogP contribution in [0.1, 0.15) is 5.56 Å². The molecule has 1 saturated heterocycles. The van der Waals surface area contributed by atoms with E-state index in [-0.39, 0.29) is 0 Å². The molecule has 2 aromatic rings. The second kappa shape index (κ2) is 7.27. The molecular weight excluding hydrogens is 290 g/mol. The van der Waals surface area contributed by atoms with Crippen LogP contribution in [0.2, 0.25) is 0 Å². The summed E-state index contributed by atoms with van der Waals surface area (Å²) in [6.45, 7) is 5.62. The number of benzene rings is 1. The third-order valence-electron chi connectivity index (χ3n) is 4.21. The summed E-state index contributed by atoms with van der Waals surface area (Å²) in [6.07, 6.45) is 4.14. The van der Waals surface area contributed by atoms with Crippen molar-refractivity contribution in [2.75, 3.05) is 39.5 Å². The van der Waals surface area contributed by atoms with Gasteiger partial charge in [-0.15, -0.1) is 11.8 Å². The third-order valence-corrected chi connectivity index (χ3v) is 5.01. The van der Waals surface area contributed by atoms with Crippen molar-refractivity contribution < 1.29 is 0 Å². The first-order valence-corrected chi connectivity index (χ1v) is 8.98. The summed E-state index contributed by atoms with van der Waals surface area (Å²) < 4.78 is 0. The van der Waals surface area contributed by atoms with Crippen molar-refractivity contribution in [2.24, 2.45) is 0 Å². The van der Waals surface area contributed by atoms with Crippen LogP contribution in [0.25, 0.3) is 11.3 Å². The van der Waals surface area contributed by atoms with Crippen molar-refractivity contribution in [1.29, 1.82) is 0 Å². The fourth-order valence-electron chi connectivity index (χ4n) is 2.80. The molecule has 1 aliphatic rings. The van der Waals surface area contributed by atoms with E-state index in [2.05, 4.69) is 64.5 Å². The lowest BCUT2D eigenvalue weighted by Gasteiger charge is -2.32. The molecule has 0 N–H and O–H groups in total. The second-order valence-electron chi connectivity index (χ2n) is 5.83. The number of nitrogens with zero attached hydrogens (tertiary/aromatic N) is 3. The molecule has 1 aromatic carbocycles. The predicted molar refractivity (Wildman–Crippen MR) is 94.2 cm³/mol. The van der Waals surface area contributed by atoms with Crippen molar-refractivity contribution in [3.05, 3.63) is 48.2 Å². The van der Waals surface area contributed by atoms with E-state index in [9.17, 15) is 0 Å². The maximum absolute atomic E-state index is 4.69. The Bertz CT molecular complexity index is 604. The summed E-state index contributed by atoms with van der Waals surface area (Å²) in [5.41, 5.74) is 3.59. The van der Waals surface area contributed by atoms with Gasteiger partial charge < -0.3 is 4.90 Å². The summed E-state index contributed by atoms with van der Waals surface area (Å²) >= 11 is 1.77. The molecule has 0 amide bonds. The Morgan fingerprint density at radius 1 is 1.05 bits per heavy atom. The van der Waals surface area contributed by atoms with Gasteiger partial charge in [0.25, 0.3) is 0 Å². The fourth-order valence-corrected chi connectivity index (χ4v) is 3.40. The topological polar surface area (TPSA) is 19.4 Å². The van der Waals surface area contributed by atoms with Gasteiger partial charge in [0.1, 0.15) is 0 Å². The molecule has 0 spiro atoms. The van der Waals surface area contributed by atoms with Crippen LogP contribution in [0, 0.1) is 0 Å². The lowest BCUT2D eigenvalue weighted by atomic mass is 10.1. The van der Waals surface area contributed by atoms with E-state index in [1.165, 1.54) is 16.0 Å². The van der Waals surface area contributed by atoms with Gasteiger partial charge in [-0.05, 0) is 31.0 Å². The molecule has 0 aliphatic carbocycles.